The predicted octanol–water partition coefficient (Wildman–Crippen LogP) is 1.82. The zero-order chi connectivity index (χ0) is 11.1. The fourth-order valence-electron chi connectivity index (χ4n) is 1.59. The first-order valence-corrected chi connectivity index (χ1v) is 6.12. The van der Waals surface area contributed by atoms with Gasteiger partial charge >= 0.3 is 0 Å². The maximum atomic E-state index is 5.76. The van der Waals surface area contributed by atoms with Crippen molar-refractivity contribution in [2.24, 2.45) is 5.92 Å². The van der Waals surface area contributed by atoms with Crippen LogP contribution in [-0.2, 0) is 9.47 Å². The normalized spacial score (nSPS) is 19.2. The molecular weight excluding hydrogens is 190 g/mol. The van der Waals surface area contributed by atoms with E-state index in [2.05, 4.69) is 26.1 Å². The maximum absolute atomic E-state index is 5.76. The van der Waals surface area contributed by atoms with Crippen LogP contribution in [0.5, 0.6) is 0 Å². The molecule has 15 heavy (non-hydrogen) atoms. The molecule has 1 rings (SSSR count). The van der Waals surface area contributed by atoms with Gasteiger partial charge in [0.2, 0.25) is 0 Å². The molecule has 0 spiro atoms. The molecule has 0 saturated carbocycles. The second-order valence-corrected chi connectivity index (χ2v) is 4.85. The van der Waals surface area contributed by atoms with Crippen LogP contribution >= 0.6 is 0 Å². The van der Waals surface area contributed by atoms with Crippen LogP contribution in [0.4, 0.5) is 0 Å². The molecule has 0 amide bonds. The Bertz CT molecular complexity index is 158. The van der Waals surface area contributed by atoms with Crippen LogP contribution in [0, 0.1) is 5.92 Å². The molecule has 1 fully saturated rings. The standard InChI is InChI=1S/C12H25NO2/c1-10(2)7-13-6-4-5-11(3)15-12-8-14-9-12/h10-13H,4-9H2,1-3H3. The first-order chi connectivity index (χ1) is 7.18. The molecule has 0 aliphatic carbocycles. The van der Waals surface area contributed by atoms with Gasteiger partial charge in [-0.25, -0.2) is 0 Å². The summed E-state index contributed by atoms with van der Waals surface area (Å²) in [4.78, 5) is 0. The summed E-state index contributed by atoms with van der Waals surface area (Å²) in [5.41, 5.74) is 0. The van der Waals surface area contributed by atoms with Gasteiger partial charge in [-0.15, -0.1) is 0 Å². The van der Waals surface area contributed by atoms with Crippen LogP contribution in [0.1, 0.15) is 33.6 Å². The van der Waals surface area contributed by atoms with Crippen molar-refractivity contribution in [3.8, 4) is 0 Å². The highest BCUT2D eigenvalue weighted by Gasteiger charge is 2.20. The third-order valence-electron chi connectivity index (χ3n) is 2.55. The van der Waals surface area contributed by atoms with Crippen molar-refractivity contribution in [1.29, 1.82) is 0 Å². The average molecular weight is 215 g/mol. The lowest BCUT2D eigenvalue weighted by Crippen LogP contribution is -2.38. The highest BCUT2D eigenvalue weighted by atomic mass is 16.6. The molecule has 0 aromatic heterocycles. The lowest BCUT2D eigenvalue weighted by Gasteiger charge is -2.29. The highest BCUT2D eigenvalue weighted by Crippen LogP contribution is 2.11. The van der Waals surface area contributed by atoms with Gasteiger partial charge in [0.1, 0.15) is 6.10 Å². The summed E-state index contributed by atoms with van der Waals surface area (Å²) in [5.74, 6) is 0.741. The summed E-state index contributed by atoms with van der Waals surface area (Å²) in [5, 5.41) is 3.44. The minimum Gasteiger partial charge on any atom is -0.376 e. The third-order valence-corrected chi connectivity index (χ3v) is 2.55. The maximum Gasteiger partial charge on any atom is 0.104 e. The first-order valence-electron chi connectivity index (χ1n) is 6.12. The topological polar surface area (TPSA) is 30.5 Å². The summed E-state index contributed by atoms with van der Waals surface area (Å²) >= 11 is 0. The molecule has 0 aromatic carbocycles. The van der Waals surface area contributed by atoms with Gasteiger partial charge in [0.25, 0.3) is 0 Å². The minimum atomic E-state index is 0.364. The molecule has 1 atom stereocenters. The molecule has 1 saturated heterocycles. The Morgan fingerprint density at radius 1 is 1.33 bits per heavy atom. The Kier molecular flexibility index (Phi) is 6.22. The Morgan fingerprint density at radius 3 is 2.60 bits per heavy atom. The van der Waals surface area contributed by atoms with Crippen LogP contribution in [0.2, 0.25) is 0 Å². The molecule has 0 radical (unpaired) electrons. The monoisotopic (exact) mass is 215 g/mol. The van der Waals surface area contributed by atoms with Gasteiger partial charge in [-0.1, -0.05) is 13.8 Å². The predicted molar refractivity (Wildman–Crippen MR) is 62.1 cm³/mol. The van der Waals surface area contributed by atoms with Crippen LogP contribution in [-0.4, -0.2) is 38.5 Å². The summed E-state index contributed by atoms with van der Waals surface area (Å²) in [6, 6.07) is 0. The molecule has 0 aromatic rings. The van der Waals surface area contributed by atoms with E-state index in [0.717, 1.165) is 38.6 Å². The van der Waals surface area contributed by atoms with Crippen molar-refractivity contribution >= 4 is 0 Å². The number of hydrogen-bond donors (Lipinski definition) is 1. The van der Waals surface area contributed by atoms with Crippen molar-refractivity contribution in [1.82, 2.24) is 5.32 Å². The van der Waals surface area contributed by atoms with Crippen molar-refractivity contribution in [2.45, 2.75) is 45.8 Å². The van der Waals surface area contributed by atoms with Crippen LogP contribution in [0.3, 0.4) is 0 Å². The zero-order valence-electron chi connectivity index (χ0n) is 10.3. The van der Waals surface area contributed by atoms with Gasteiger partial charge in [-0.05, 0) is 38.8 Å². The lowest BCUT2D eigenvalue weighted by molar-refractivity contribution is -0.151. The fourth-order valence-corrected chi connectivity index (χ4v) is 1.59. The molecular formula is C12H25NO2. The highest BCUT2D eigenvalue weighted by molar-refractivity contribution is 4.67. The second kappa shape index (κ2) is 7.20. The summed E-state index contributed by atoms with van der Waals surface area (Å²) in [7, 11) is 0. The van der Waals surface area contributed by atoms with E-state index in [1.54, 1.807) is 0 Å². The molecule has 1 N–H and O–H groups in total. The lowest BCUT2D eigenvalue weighted by atomic mass is 10.2. The molecule has 1 heterocycles. The number of nitrogens with one attached hydrogen (secondary N) is 1. The van der Waals surface area contributed by atoms with Crippen molar-refractivity contribution in [3.63, 3.8) is 0 Å². The van der Waals surface area contributed by atoms with Crippen molar-refractivity contribution < 1.29 is 9.47 Å². The molecule has 3 nitrogen and oxygen atoms in total. The van der Waals surface area contributed by atoms with Gasteiger partial charge in [0.05, 0.1) is 19.3 Å². The Labute approximate surface area is 93.5 Å². The van der Waals surface area contributed by atoms with Gasteiger partial charge in [0.15, 0.2) is 0 Å². The van der Waals surface area contributed by atoms with Crippen LogP contribution in [0.25, 0.3) is 0 Å². The Balaban J connectivity index is 1.85. The quantitative estimate of drug-likeness (QED) is 0.626. The van der Waals surface area contributed by atoms with E-state index in [0.29, 0.717) is 12.2 Å². The van der Waals surface area contributed by atoms with E-state index in [1.807, 2.05) is 0 Å². The zero-order valence-corrected chi connectivity index (χ0v) is 10.3. The minimum absolute atomic E-state index is 0.364. The van der Waals surface area contributed by atoms with Crippen LogP contribution in [0.15, 0.2) is 0 Å². The van der Waals surface area contributed by atoms with E-state index in [4.69, 9.17) is 9.47 Å². The summed E-state index contributed by atoms with van der Waals surface area (Å²) in [6.45, 7) is 10.4. The van der Waals surface area contributed by atoms with Crippen molar-refractivity contribution in [2.75, 3.05) is 26.3 Å². The van der Waals surface area contributed by atoms with Gasteiger partial charge in [-0.2, -0.15) is 0 Å². The summed E-state index contributed by atoms with van der Waals surface area (Å²) < 4.78 is 10.8. The largest absolute Gasteiger partial charge is 0.376 e. The molecule has 0 bridgehead atoms. The molecule has 1 unspecified atom stereocenters. The fraction of sp³-hybridized carbons (Fsp3) is 1.00. The van der Waals surface area contributed by atoms with Crippen LogP contribution < -0.4 is 5.32 Å². The molecule has 1 aliphatic heterocycles. The van der Waals surface area contributed by atoms with Gasteiger partial charge in [0, 0.05) is 0 Å². The van der Waals surface area contributed by atoms with Gasteiger partial charge < -0.3 is 14.8 Å². The van der Waals surface area contributed by atoms with E-state index < -0.39 is 0 Å². The second-order valence-electron chi connectivity index (χ2n) is 4.85. The SMILES string of the molecule is CC(C)CNCCCC(C)OC1COC1. The van der Waals surface area contributed by atoms with Gasteiger partial charge in [-0.3, -0.25) is 0 Å². The Morgan fingerprint density at radius 2 is 2.07 bits per heavy atom. The molecule has 1 aliphatic rings. The van der Waals surface area contributed by atoms with E-state index >= 15 is 0 Å². The average Bonchev–Trinajstić information content (AvgIpc) is 2.10. The molecule has 3 heteroatoms. The number of hydrogen-bond acceptors (Lipinski definition) is 3. The third kappa shape index (κ3) is 6.13. The summed E-state index contributed by atoms with van der Waals surface area (Å²) in [6.07, 6.45) is 3.08. The molecule has 90 valence electrons. The smallest absolute Gasteiger partial charge is 0.104 e. The van der Waals surface area contributed by atoms with E-state index in [9.17, 15) is 0 Å². The van der Waals surface area contributed by atoms with E-state index in [-0.39, 0.29) is 0 Å². The number of ether oxygens (including phenoxy) is 2. The first kappa shape index (κ1) is 12.9. The van der Waals surface area contributed by atoms with Crippen molar-refractivity contribution in [3.05, 3.63) is 0 Å². The number of rotatable bonds is 8. The van der Waals surface area contributed by atoms with E-state index in [1.165, 1.54) is 6.42 Å². The Hall–Kier alpha value is -0.120.